The monoisotopic (exact) mass is 171 g/mol. The summed E-state index contributed by atoms with van der Waals surface area (Å²) in [6.07, 6.45) is 1.11. The van der Waals surface area contributed by atoms with E-state index in [0.29, 0.717) is 5.15 Å². The van der Waals surface area contributed by atoms with Crippen LogP contribution in [0, 0.1) is 6.92 Å². The summed E-state index contributed by atoms with van der Waals surface area (Å²) in [6, 6.07) is 1.83. The molecule has 0 aliphatic heterocycles. The van der Waals surface area contributed by atoms with Crippen molar-refractivity contribution in [2.75, 3.05) is 0 Å². The van der Waals surface area contributed by atoms with Crippen LogP contribution in [0.2, 0.25) is 5.15 Å². The molecular formula is C8H10ClNO. The van der Waals surface area contributed by atoms with Crippen LogP contribution in [0.1, 0.15) is 24.2 Å². The van der Waals surface area contributed by atoms with Crippen LogP contribution in [0.3, 0.4) is 0 Å². The van der Waals surface area contributed by atoms with E-state index in [-0.39, 0.29) is 0 Å². The van der Waals surface area contributed by atoms with Crippen LogP contribution in [0.5, 0.6) is 0 Å². The number of aryl methyl sites for hydroxylation is 1. The van der Waals surface area contributed by atoms with E-state index in [0.717, 1.165) is 11.1 Å². The molecule has 0 saturated heterocycles. The number of halogens is 1. The highest BCUT2D eigenvalue weighted by Crippen LogP contribution is 2.17. The maximum atomic E-state index is 9.16. The Labute approximate surface area is 70.8 Å². The normalized spacial score (nSPS) is 13.1. The van der Waals surface area contributed by atoms with Gasteiger partial charge in [-0.15, -0.1) is 0 Å². The molecule has 0 bridgehead atoms. The molecule has 0 aromatic carbocycles. The summed E-state index contributed by atoms with van der Waals surface area (Å²) in [5.74, 6) is 0. The lowest BCUT2D eigenvalue weighted by atomic mass is 10.1. The summed E-state index contributed by atoms with van der Waals surface area (Å²) >= 11 is 5.69. The highest BCUT2D eigenvalue weighted by Gasteiger charge is 2.02. The van der Waals surface area contributed by atoms with Crippen LogP contribution in [0.25, 0.3) is 0 Å². The van der Waals surface area contributed by atoms with Gasteiger partial charge in [0.2, 0.25) is 0 Å². The minimum Gasteiger partial charge on any atom is -0.389 e. The number of aliphatic hydroxyl groups is 1. The fourth-order valence-electron chi connectivity index (χ4n) is 0.808. The minimum atomic E-state index is -0.474. The third kappa shape index (κ3) is 1.91. The number of nitrogens with zero attached hydrogens (tertiary/aromatic N) is 1. The molecule has 0 unspecified atom stereocenters. The molecule has 3 heteroatoms. The van der Waals surface area contributed by atoms with Gasteiger partial charge in [0, 0.05) is 6.20 Å². The molecule has 0 fully saturated rings. The van der Waals surface area contributed by atoms with Crippen molar-refractivity contribution in [2.45, 2.75) is 20.0 Å². The fourth-order valence-corrected chi connectivity index (χ4v) is 0.912. The van der Waals surface area contributed by atoms with Crippen molar-refractivity contribution >= 4 is 11.6 Å². The Kier molecular flexibility index (Phi) is 2.47. The number of pyridine rings is 1. The number of aliphatic hydroxyl groups excluding tert-OH is 1. The van der Waals surface area contributed by atoms with Gasteiger partial charge in [-0.2, -0.15) is 0 Å². The second-order valence-corrected chi connectivity index (χ2v) is 2.91. The third-order valence-corrected chi connectivity index (χ3v) is 1.91. The van der Waals surface area contributed by atoms with Crippen molar-refractivity contribution in [3.8, 4) is 0 Å². The Bertz CT molecular complexity index is 260. The number of rotatable bonds is 1. The molecule has 0 aliphatic carbocycles. The Hall–Kier alpha value is -0.600. The summed E-state index contributed by atoms with van der Waals surface area (Å²) in [5.41, 5.74) is 1.69. The van der Waals surface area contributed by atoms with Crippen molar-refractivity contribution < 1.29 is 5.11 Å². The first-order valence-corrected chi connectivity index (χ1v) is 3.79. The van der Waals surface area contributed by atoms with Gasteiger partial charge in [0.1, 0.15) is 5.15 Å². The first-order chi connectivity index (χ1) is 5.11. The van der Waals surface area contributed by atoms with Gasteiger partial charge in [-0.05, 0) is 31.0 Å². The van der Waals surface area contributed by atoms with Gasteiger partial charge in [-0.3, -0.25) is 0 Å². The fraction of sp³-hybridized carbons (Fsp3) is 0.375. The lowest BCUT2D eigenvalue weighted by Gasteiger charge is -2.04. The maximum Gasteiger partial charge on any atom is 0.131 e. The Morgan fingerprint density at radius 3 is 2.73 bits per heavy atom. The maximum absolute atomic E-state index is 9.16. The third-order valence-electron chi connectivity index (χ3n) is 1.52. The predicted molar refractivity (Wildman–Crippen MR) is 44.6 cm³/mol. The number of hydrogen-bond donors (Lipinski definition) is 1. The zero-order valence-corrected chi connectivity index (χ0v) is 7.26. The van der Waals surface area contributed by atoms with Crippen molar-refractivity contribution in [3.05, 3.63) is 28.5 Å². The van der Waals surface area contributed by atoms with E-state index in [1.54, 1.807) is 13.1 Å². The SMILES string of the molecule is Cc1cc([C@H](C)O)cnc1Cl. The standard InChI is InChI=1S/C8H10ClNO/c1-5-3-7(6(2)11)4-10-8(5)9/h3-4,6,11H,1-2H3/t6-/m0/s1. The smallest absolute Gasteiger partial charge is 0.131 e. The molecule has 0 aliphatic rings. The van der Waals surface area contributed by atoms with E-state index < -0.39 is 6.10 Å². The molecule has 1 rings (SSSR count). The molecule has 11 heavy (non-hydrogen) atoms. The molecular weight excluding hydrogens is 162 g/mol. The topological polar surface area (TPSA) is 33.1 Å². The number of hydrogen-bond acceptors (Lipinski definition) is 2. The molecule has 0 saturated carbocycles. The molecule has 1 heterocycles. The lowest BCUT2D eigenvalue weighted by Crippen LogP contribution is -1.93. The van der Waals surface area contributed by atoms with Crippen LogP contribution < -0.4 is 0 Å². The largest absolute Gasteiger partial charge is 0.389 e. The molecule has 1 atom stereocenters. The van der Waals surface area contributed by atoms with E-state index in [1.807, 2.05) is 13.0 Å². The summed E-state index contributed by atoms with van der Waals surface area (Å²) in [5, 5.41) is 9.65. The van der Waals surface area contributed by atoms with Gasteiger partial charge < -0.3 is 5.11 Å². The second kappa shape index (κ2) is 3.20. The van der Waals surface area contributed by atoms with Crippen LogP contribution in [-0.4, -0.2) is 10.1 Å². The molecule has 0 spiro atoms. The highest BCUT2D eigenvalue weighted by atomic mass is 35.5. The van der Waals surface area contributed by atoms with Crippen LogP contribution in [0.4, 0.5) is 0 Å². The van der Waals surface area contributed by atoms with E-state index in [1.165, 1.54) is 0 Å². The van der Waals surface area contributed by atoms with Crippen molar-refractivity contribution in [2.24, 2.45) is 0 Å². The van der Waals surface area contributed by atoms with Gasteiger partial charge in [0.25, 0.3) is 0 Å². The quantitative estimate of drug-likeness (QED) is 0.657. The second-order valence-electron chi connectivity index (χ2n) is 2.55. The number of aromatic nitrogens is 1. The molecule has 2 nitrogen and oxygen atoms in total. The molecule has 0 radical (unpaired) electrons. The summed E-state index contributed by atoms with van der Waals surface area (Å²) < 4.78 is 0. The van der Waals surface area contributed by atoms with E-state index in [4.69, 9.17) is 16.7 Å². The van der Waals surface area contributed by atoms with E-state index in [2.05, 4.69) is 4.98 Å². The Balaban J connectivity index is 3.05. The first-order valence-electron chi connectivity index (χ1n) is 3.41. The van der Waals surface area contributed by atoms with Crippen molar-refractivity contribution in [1.29, 1.82) is 0 Å². The first kappa shape index (κ1) is 8.50. The van der Waals surface area contributed by atoms with Gasteiger partial charge in [0.05, 0.1) is 6.10 Å². The van der Waals surface area contributed by atoms with Gasteiger partial charge >= 0.3 is 0 Å². The minimum absolute atomic E-state index is 0.474. The summed E-state index contributed by atoms with van der Waals surface area (Å²) in [4.78, 5) is 3.91. The Morgan fingerprint density at radius 2 is 2.27 bits per heavy atom. The van der Waals surface area contributed by atoms with Crippen LogP contribution >= 0.6 is 11.6 Å². The molecule has 0 amide bonds. The van der Waals surface area contributed by atoms with E-state index >= 15 is 0 Å². The molecule has 1 aromatic rings. The van der Waals surface area contributed by atoms with Crippen molar-refractivity contribution in [3.63, 3.8) is 0 Å². The highest BCUT2D eigenvalue weighted by molar-refractivity contribution is 6.30. The summed E-state index contributed by atoms with van der Waals surface area (Å²) in [7, 11) is 0. The zero-order valence-electron chi connectivity index (χ0n) is 6.50. The Morgan fingerprint density at radius 1 is 1.64 bits per heavy atom. The van der Waals surface area contributed by atoms with Gasteiger partial charge in [0.15, 0.2) is 0 Å². The van der Waals surface area contributed by atoms with Gasteiger partial charge in [-0.1, -0.05) is 11.6 Å². The average Bonchev–Trinajstić information content (AvgIpc) is 1.94. The predicted octanol–water partition coefficient (Wildman–Crippen LogP) is 2.10. The van der Waals surface area contributed by atoms with Crippen LogP contribution in [-0.2, 0) is 0 Å². The lowest BCUT2D eigenvalue weighted by molar-refractivity contribution is 0.199. The molecule has 60 valence electrons. The summed E-state index contributed by atoms with van der Waals surface area (Å²) in [6.45, 7) is 3.56. The van der Waals surface area contributed by atoms with Crippen molar-refractivity contribution in [1.82, 2.24) is 4.98 Å². The zero-order chi connectivity index (χ0) is 8.43. The average molecular weight is 172 g/mol. The van der Waals surface area contributed by atoms with Gasteiger partial charge in [-0.25, -0.2) is 4.98 Å². The van der Waals surface area contributed by atoms with Crippen LogP contribution in [0.15, 0.2) is 12.3 Å². The molecule has 1 N–H and O–H groups in total. The van der Waals surface area contributed by atoms with E-state index in [9.17, 15) is 0 Å². The molecule has 1 aromatic heterocycles.